The summed E-state index contributed by atoms with van der Waals surface area (Å²) in [6.45, 7) is 0.681. The normalized spacial score (nSPS) is 11.4. The molecule has 2 N–H and O–H groups in total. The molecule has 1 aromatic heterocycles. The number of ether oxygens (including phenoxy) is 3. The SMILES string of the molecule is CNS(=O)(=O)c1cc(/C=C/C(=O)Nc2cccnc2OCCOC)ccc1OC. The quantitative estimate of drug-likeness (QED) is 0.443. The molecule has 2 aromatic rings. The molecular weight excluding hydrogens is 398 g/mol. The smallest absolute Gasteiger partial charge is 0.248 e. The second-order valence-corrected chi connectivity index (χ2v) is 7.49. The minimum absolute atomic E-state index is 0.0221. The molecule has 0 spiro atoms. The molecule has 0 saturated heterocycles. The summed E-state index contributed by atoms with van der Waals surface area (Å²) in [5.41, 5.74) is 0.920. The highest BCUT2D eigenvalue weighted by Gasteiger charge is 2.17. The van der Waals surface area contributed by atoms with Crippen LogP contribution in [0, 0.1) is 0 Å². The molecular formula is C19H23N3O6S. The van der Waals surface area contributed by atoms with Crippen molar-refractivity contribution in [1.82, 2.24) is 9.71 Å². The van der Waals surface area contributed by atoms with Crippen molar-refractivity contribution in [2.45, 2.75) is 4.90 Å². The zero-order valence-electron chi connectivity index (χ0n) is 16.3. The summed E-state index contributed by atoms with van der Waals surface area (Å²) in [6, 6.07) is 7.90. The van der Waals surface area contributed by atoms with Crippen molar-refractivity contribution in [3.05, 3.63) is 48.2 Å². The van der Waals surface area contributed by atoms with Crippen molar-refractivity contribution in [2.24, 2.45) is 0 Å². The van der Waals surface area contributed by atoms with E-state index in [-0.39, 0.29) is 16.5 Å². The number of carbonyl (C=O) groups is 1. The fourth-order valence-corrected chi connectivity index (χ4v) is 3.21. The standard InChI is InChI=1S/C19H23N3O6S/c1-20-29(24,25)17-13-14(6-8-16(17)27-3)7-9-18(23)22-15-5-4-10-21-19(15)28-12-11-26-2/h4-10,13,20H,11-12H2,1-3H3,(H,22,23)/b9-7+. The summed E-state index contributed by atoms with van der Waals surface area (Å²) in [6.07, 6.45) is 4.32. The average Bonchev–Trinajstić information content (AvgIpc) is 2.73. The van der Waals surface area contributed by atoms with E-state index in [2.05, 4.69) is 15.0 Å². The summed E-state index contributed by atoms with van der Waals surface area (Å²) in [7, 11) is 0.538. The maximum absolute atomic E-state index is 12.3. The summed E-state index contributed by atoms with van der Waals surface area (Å²) in [5, 5.41) is 2.68. The van der Waals surface area contributed by atoms with E-state index in [0.29, 0.717) is 24.5 Å². The number of pyridine rings is 1. The molecule has 2 rings (SSSR count). The van der Waals surface area contributed by atoms with E-state index in [1.807, 2.05) is 0 Å². The maximum Gasteiger partial charge on any atom is 0.248 e. The number of hydrogen-bond donors (Lipinski definition) is 2. The van der Waals surface area contributed by atoms with E-state index in [9.17, 15) is 13.2 Å². The highest BCUT2D eigenvalue weighted by atomic mass is 32.2. The van der Waals surface area contributed by atoms with Gasteiger partial charge in [-0.25, -0.2) is 18.1 Å². The van der Waals surface area contributed by atoms with Gasteiger partial charge >= 0.3 is 0 Å². The van der Waals surface area contributed by atoms with Crippen LogP contribution in [0.4, 0.5) is 5.69 Å². The van der Waals surface area contributed by atoms with E-state index in [1.165, 1.54) is 38.4 Å². The lowest BCUT2D eigenvalue weighted by molar-refractivity contribution is -0.111. The Morgan fingerprint density at radius 2 is 2.00 bits per heavy atom. The van der Waals surface area contributed by atoms with Gasteiger partial charge in [-0.15, -0.1) is 0 Å². The topological polar surface area (TPSA) is 116 Å². The van der Waals surface area contributed by atoms with Crippen LogP contribution in [0.5, 0.6) is 11.6 Å². The van der Waals surface area contributed by atoms with E-state index >= 15 is 0 Å². The van der Waals surface area contributed by atoms with Gasteiger partial charge in [0.2, 0.25) is 21.8 Å². The van der Waals surface area contributed by atoms with Gasteiger partial charge in [-0.3, -0.25) is 4.79 Å². The first-order valence-corrected chi connectivity index (χ1v) is 10.1. The molecule has 0 aliphatic carbocycles. The average molecular weight is 421 g/mol. The molecule has 0 bridgehead atoms. The van der Waals surface area contributed by atoms with Gasteiger partial charge < -0.3 is 19.5 Å². The van der Waals surface area contributed by atoms with Crippen LogP contribution in [0.3, 0.4) is 0 Å². The third kappa shape index (κ3) is 6.28. The number of hydrogen-bond acceptors (Lipinski definition) is 7. The largest absolute Gasteiger partial charge is 0.495 e. The predicted octanol–water partition coefficient (Wildman–Crippen LogP) is 1.68. The fourth-order valence-electron chi connectivity index (χ4n) is 2.29. The van der Waals surface area contributed by atoms with Crippen LogP contribution < -0.4 is 19.5 Å². The Morgan fingerprint density at radius 1 is 1.21 bits per heavy atom. The molecule has 9 nitrogen and oxygen atoms in total. The third-order valence-electron chi connectivity index (χ3n) is 3.73. The van der Waals surface area contributed by atoms with E-state index in [0.717, 1.165) is 0 Å². The third-order valence-corrected chi connectivity index (χ3v) is 5.16. The van der Waals surface area contributed by atoms with Crippen LogP contribution >= 0.6 is 0 Å². The second-order valence-electron chi connectivity index (χ2n) is 5.64. The van der Waals surface area contributed by atoms with Crippen molar-refractivity contribution in [2.75, 3.05) is 39.8 Å². The van der Waals surface area contributed by atoms with Crippen molar-refractivity contribution >= 4 is 27.7 Å². The van der Waals surface area contributed by atoms with Crippen LogP contribution in [0.1, 0.15) is 5.56 Å². The van der Waals surface area contributed by atoms with Crippen LogP contribution in [0.25, 0.3) is 6.08 Å². The zero-order valence-corrected chi connectivity index (χ0v) is 17.2. The van der Waals surface area contributed by atoms with Gasteiger partial charge in [-0.2, -0.15) is 0 Å². The van der Waals surface area contributed by atoms with Crippen LogP contribution in [0.2, 0.25) is 0 Å². The number of methoxy groups -OCH3 is 2. The molecule has 1 heterocycles. The number of nitrogens with one attached hydrogen (secondary N) is 2. The van der Waals surface area contributed by atoms with Crippen molar-refractivity contribution in [3.8, 4) is 11.6 Å². The Balaban J connectivity index is 2.15. The molecule has 10 heteroatoms. The highest BCUT2D eigenvalue weighted by Crippen LogP contribution is 2.25. The van der Waals surface area contributed by atoms with Crippen molar-refractivity contribution in [1.29, 1.82) is 0 Å². The van der Waals surface area contributed by atoms with Crippen molar-refractivity contribution < 1.29 is 27.4 Å². The number of anilines is 1. The zero-order chi connectivity index (χ0) is 21.3. The minimum Gasteiger partial charge on any atom is -0.495 e. The van der Waals surface area contributed by atoms with E-state index in [1.54, 1.807) is 31.5 Å². The molecule has 29 heavy (non-hydrogen) atoms. The molecule has 0 aliphatic heterocycles. The van der Waals surface area contributed by atoms with Gasteiger partial charge in [0.25, 0.3) is 0 Å². The van der Waals surface area contributed by atoms with Crippen molar-refractivity contribution in [3.63, 3.8) is 0 Å². The Hall–Kier alpha value is -2.95. The molecule has 0 saturated carbocycles. The van der Waals surface area contributed by atoms with Gasteiger partial charge in [0.05, 0.1) is 13.7 Å². The molecule has 1 aromatic carbocycles. The lowest BCUT2D eigenvalue weighted by atomic mass is 10.2. The number of rotatable bonds is 10. The van der Waals surface area contributed by atoms with Crippen LogP contribution in [0.15, 0.2) is 47.5 Å². The Labute approximate surface area is 169 Å². The molecule has 156 valence electrons. The van der Waals surface area contributed by atoms with Gasteiger partial charge in [-0.05, 0) is 43.0 Å². The Bertz CT molecular complexity index is 976. The summed E-state index contributed by atoms with van der Waals surface area (Å²) >= 11 is 0. The Kier molecular flexibility index (Phi) is 8.13. The van der Waals surface area contributed by atoms with Gasteiger partial charge in [0.1, 0.15) is 22.9 Å². The lowest BCUT2D eigenvalue weighted by Crippen LogP contribution is -2.19. The first kappa shape index (κ1) is 22.3. The first-order chi connectivity index (χ1) is 13.9. The monoisotopic (exact) mass is 421 g/mol. The maximum atomic E-state index is 12.3. The van der Waals surface area contributed by atoms with Crippen LogP contribution in [-0.2, 0) is 19.6 Å². The Morgan fingerprint density at radius 3 is 2.69 bits per heavy atom. The molecule has 0 fully saturated rings. The molecule has 0 unspecified atom stereocenters. The van der Waals surface area contributed by atoms with Gasteiger partial charge in [0.15, 0.2) is 0 Å². The van der Waals surface area contributed by atoms with E-state index in [4.69, 9.17) is 14.2 Å². The second kappa shape index (κ2) is 10.6. The number of amides is 1. The van der Waals surface area contributed by atoms with Gasteiger partial charge in [0, 0.05) is 19.4 Å². The fraction of sp³-hybridized carbons (Fsp3) is 0.263. The lowest BCUT2D eigenvalue weighted by Gasteiger charge is -2.10. The molecule has 0 atom stereocenters. The van der Waals surface area contributed by atoms with E-state index < -0.39 is 15.9 Å². The number of sulfonamides is 1. The number of nitrogens with zero attached hydrogens (tertiary/aromatic N) is 1. The van der Waals surface area contributed by atoms with Gasteiger partial charge in [-0.1, -0.05) is 6.07 Å². The highest BCUT2D eigenvalue weighted by molar-refractivity contribution is 7.89. The molecule has 0 radical (unpaired) electrons. The summed E-state index contributed by atoms with van der Waals surface area (Å²) < 4.78 is 42.0. The molecule has 0 aliphatic rings. The predicted molar refractivity (Wildman–Crippen MR) is 109 cm³/mol. The van der Waals surface area contributed by atoms with Crippen LogP contribution in [-0.4, -0.2) is 53.8 Å². The summed E-state index contributed by atoms with van der Waals surface area (Å²) in [4.78, 5) is 16.3. The molecule has 1 amide bonds. The minimum atomic E-state index is -3.71. The first-order valence-electron chi connectivity index (χ1n) is 8.58. The summed E-state index contributed by atoms with van der Waals surface area (Å²) in [5.74, 6) is 0.0516. The number of aromatic nitrogens is 1. The number of benzene rings is 1. The number of carbonyl (C=O) groups excluding carboxylic acids is 1.